The van der Waals surface area contributed by atoms with Crippen molar-refractivity contribution in [3.05, 3.63) is 17.7 Å². The van der Waals surface area contributed by atoms with E-state index in [1.807, 2.05) is 18.9 Å². The Labute approximate surface area is 208 Å². The molecule has 0 unspecified atom stereocenters. The summed E-state index contributed by atoms with van der Waals surface area (Å²) in [5.41, 5.74) is 1.02. The van der Waals surface area contributed by atoms with E-state index in [4.69, 9.17) is 24.5 Å². The van der Waals surface area contributed by atoms with E-state index in [1.165, 1.54) is 32.1 Å². The molecule has 1 aromatic heterocycles. The van der Waals surface area contributed by atoms with Crippen LogP contribution in [-0.4, -0.2) is 106 Å². The van der Waals surface area contributed by atoms with Gasteiger partial charge in [-0.15, -0.1) is 0 Å². The number of halogens is 6. The number of ether oxygens (including phenoxy) is 1. The smallest absolute Gasteiger partial charge is 0.475 e. The summed E-state index contributed by atoms with van der Waals surface area (Å²) in [6.07, 6.45) is -2.32. The maximum atomic E-state index is 12.6. The molecule has 10 nitrogen and oxygen atoms in total. The molecular weight excluding hydrogens is 518 g/mol. The normalized spacial score (nSPS) is 17.9. The number of likely N-dealkylation sites (N-methyl/N-ethyl adjacent to an activating group) is 1. The molecule has 1 aliphatic carbocycles. The first kappa shape index (κ1) is 32.1. The maximum absolute atomic E-state index is 12.6. The van der Waals surface area contributed by atoms with Crippen LogP contribution in [0.3, 0.4) is 0 Å². The summed E-state index contributed by atoms with van der Waals surface area (Å²) in [6.45, 7) is 6.24. The van der Waals surface area contributed by atoms with Gasteiger partial charge in [-0.3, -0.25) is 9.69 Å². The molecule has 3 rings (SSSR count). The van der Waals surface area contributed by atoms with Crippen LogP contribution >= 0.6 is 0 Å². The number of carbonyl (C=O) groups is 3. The van der Waals surface area contributed by atoms with Crippen molar-refractivity contribution in [1.29, 1.82) is 0 Å². The van der Waals surface area contributed by atoms with Crippen LogP contribution in [-0.2, 0) is 14.3 Å². The van der Waals surface area contributed by atoms with E-state index in [0.29, 0.717) is 5.82 Å². The Kier molecular flexibility index (Phi) is 11.8. The number of H-pyrrole nitrogens is 1. The molecule has 16 heteroatoms. The molecule has 0 spiro atoms. The van der Waals surface area contributed by atoms with Gasteiger partial charge in [0.2, 0.25) is 0 Å². The molecule has 1 aliphatic heterocycles. The van der Waals surface area contributed by atoms with Gasteiger partial charge in [-0.05, 0) is 19.8 Å². The topological polar surface area (TPSA) is 136 Å². The largest absolute Gasteiger partial charge is 0.490 e. The number of imidazole rings is 1. The summed E-state index contributed by atoms with van der Waals surface area (Å²) < 4.78 is 69.0. The maximum Gasteiger partial charge on any atom is 0.490 e. The molecule has 37 heavy (non-hydrogen) atoms. The minimum absolute atomic E-state index is 0.0173. The molecule has 0 bridgehead atoms. The predicted molar refractivity (Wildman–Crippen MR) is 116 cm³/mol. The molecule has 2 heterocycles. The standard InChI is InChI=1S/C17H28N4O2.2C2HF3O2/c1-14-12-18-15(19-14)16(22)20(2)13-17(6-4-3-5-7-17)21-8-10-23-11-9-21;2*3-2(4,5)1(6)7/h12H,3-11,13H2,1-2H3,(H,18,19);2*(H,6,7). The lowest BCUT2D eigenvalue weighted by Gasteiger charge is -2.49. The number of aliphatic carboxylic acids is 2. The Morgan fingerprint density at radius 3 is 1.86 bits per heavy atom. The molecule has 2 fully saturated rings. The van der Waals surface area contributed by atoms with Crippen molar-refractivity contribution < 1.29 is 55.7 Å². The van der Waals surface area contributed by atoms with Gasteiger partial charge in [0.05, 0.1) is 13.2 Å². The van der Waals surface area contributed by atoms with E-state index in [9.17, 15) is 31.1 Å². The molecule has 0 radical (unpaired) electrons. The fraction of sp³-hybridized carbons (Fsp3) is 0.714. The third kappa shape index (κ3) is 10.6. The summed E-state index contributed by atoms with van der Waals surface area (Å²) >= 11 is 0. The van der Waals surface area contributed by atoms with Crippen LogP contribution in [0.2, 0.25) is 0 Å². The van der Waals surface area contributed by atoms with Crippen molar-refractivity contribution in [2.45, 2.75) is 56.9 Å². The van der Waals surface area contributed by atoms with Gasteiger partial charge >= 0.3 is 24.3 Å². The number of aromatic amines is 1. The third-order valence-electron chi connectivity index (χ3n) is 5.73. The predicted octanol–water partition coefficient (Wildman–Crippen LogP) is 3.09. The monoisotopic (exact) mass is 548 g/mol. The first-order valence-corrected chi connectivity index (χ1v) is 11.2. The number of carboxylic acid groups (broad SMARTS) is 2. The van der Waals surface area contributed by atoms with E-state index in [2.05, 4.69) is 14.9 Å². The minimum Gasteiger partial charge on any atom is -0.475 e. The van der Waals surface area contributed by atoms with E-state index in [0.717, 1.165) is 38.5 Å². The van der Waals surface area contributed by atoms with Gasteiger partial charge in [0.25, 0.3) is 5.91 Å². The Bertz CT molecular complexity index is 869. The number of carboxylic acids is 2. The van der Waals surface area contributed by atoms with Crippen LogP contribution in [0.1, 0.15) is 48.4 Å². The van der Waals surface area contributed by atoms with Gasteiger partial charge in [-0.1, -0.05) is 19.3 Å². The number of aromatic nitrogens is 2. The van der Waals surface area contributed by atoms with E-state index < -0.39 is 24.3 Å². The number of morpholine rings is 1. The zero-order valence-corrected chi connectivity index (χ0v) is 20.3. The molecule has 0 atom stereocenters. The fourth-order valence-corrected chi connectivity index (χ4v) is 4.04. The zero-order chi connectivity index (χ0) is 28.4. The summed E-state index contributed by atoms with van der Waals surface area (Å²) in [6, 6.07) is 0. The van der Waals surface area contributed by atoms with Crippen molar-refractivity contribution >= 4 is 17.8 Å². The number of carbonyl (C=O) groups excluding carboxylic acids is 1. The molecule has 0 aromatic carbocycles. The number of hydrogen-bond donors (Lipinski definition) is 3. The van der Waals surface area contributed by atoms with Crippen LogP contribution in [0.4, 0.5) is 26.3 Å². The SMILES string of the molecule is Cc1cnc(C(=O)N(C)CC2(N3CCOCC3)CCCCC2)[nH]1.O=C(O)C(F)(F)F.O=C(O)C(F)(F)F. The molecule has 1 saturated carbocycles. The zero-order valence-electron chi connectivity index (χ0n) is 20.3. The van der Waals surface area contributed by atoms with Gasteiger partial charge in [0.15, 0.2) is 5.82 Å². The Morgan fingerprint density at radius 2 is 1.49 bits per heavy atom. The summed E-state index contributed by atoms with van der Waals surface area (Å²) in [4.78, 5) is 42.1. The van der Waals surface area contributed by atoms with Crippen molar-refractivity contribution in [3.63, 3.8) is 0 Å². The van der Waals surface area contributed by atoms with Crippen molar-refractivity contribution in [2.75, 3.05) is 39.9 Å². The van der Waals surface area contributed by atoms with Gasteiger partial charge in [-0.25, -0.2) is 14.6 Å². The van der Waals surface area contributed by atoms with Gasteiger partial charge in [0.1, 0.15) is 0 Å². The molecule has 2 aliphatic rings. The second-order valence-electron chi connectivity index (χ2n) is 8.57. The summed E-state index contributed by atoms with van der Waals surface area (Å²) in [7, 11) is 1.90. The highest BCUT2D eigenvalue weighted by Gasteiger charge is 2.41. The first-order chi connectivity index (χ1) is 17.0. The number of alkyl halides is 6. The van der Waals surface area contributed by atoms with E-state index >= 15 is 0 Å². The average Bonchev–Trinajstić information content (AvgIpc) is 3.25. The summed E-state index contributed by atoms with van der Waals surface area (Å²) in [5, 5.41) is 14.2. The average molecular weight is 548 g/mol. The Hall–Kier alpha value is -2.88. The Balaban J connectivity index is 0.000000404. The van der Waals surface area contributed by atoms with Crippen molar-refractivity contribution in [1.82, 2.24) is 19.8 Å². The number of nitrogens with one attached hydrogen (secondary N) is 1. The van der Waals surface area contributed by atoms with Crippen molar-refractivity contribution in [3.8, 4) is 0 Å². The minimum atomic E-state index is -5.08. The van der Waals surface area contributed by atoms with Gasteiger partial charge in [-0.2, -0.15) is 26.3 Å². The molecule has 1 saturated heterocycles. The molecule has 1 aromatic rings. The first-order valence-electron chi connectivity index (χ1n) is 11.2. The number of rotatable bonds is 4. The lowest BCUT2D eigenvalue weighted by atomic mass is 9.79. The highest BCUT2D eigenvalue weighted by atomic mass is 19.4. The number of hydrogen-bond acceptors (Lipinski definition) is 6. The molecule has 1 amide bonds. The number of amides is 1. The van der Waals surface area contributed by atoms with Crippen molar-refractivity contribution in [2.24, 2.45) is 0 Å². The van der Waals surface area contributed by atoms with Crippen LogP contribution < -0.4 is 0 Å². The van der Waals surface area contributed by atoms with Gasteiger partial charge in [0, 0.05) is 44.1 Å². The second-order valence-corrected chi connectivity index (χ2v) is 8.57. The second kappa shape index (κ2) is 13.6. The lowest BCUT2D eigenvalue weighted by Crippen LogP contribution is -2.59. The third-order valence-corrected chi connectivity index (χ3v) is 5.73. The quantitative estimate of drug-likeness (QED) is 0.489. The summed E-state index contributed by atoms with van der Waals surface area (Å²) in [5.74, 6) is -5.09. The molecular formula is C21H30F6N4O6. The highest BCUT2D eigenvalue weighted by Crippen LogP contribution is 2.35. The van der Waals surface area contributed by atoms with Gasteiger partial charge < -0.3 is 24.8 Å². The van der Waals surface area contributed by atoms with E-state index in [1.54, 1.807) is 6.20 Å². The lowest BCUT2D eigenvalue weighted by molar-refractivity contribution is -0.193. The van der Waals surface area contributed by atoms with Crippen LogP contribution in [0.25, 0.3) is 0 Å². The number of nitrogens with zero attached hydrogens (tertiary/aromatic N) is 3. The highest BCUT2D eigenvalue weighted by molar-refractivity contribution is 5.90. The number of aryl methyl sites for hydroxylation is 1. The van der Waals surface area contributed by atoms with Crippen LogP contribution in [0.5, 0.6) is 0 Å². The fourth-order valence-electron chi connectivity index (χ4n) is 4.04. The van der Waals surface area contributed by atoms with Crippen LogP contribution in [0, 0.1) is 6.92 Å². The Morgan fingerprint density at radius 1 is 1.03 bits per heavy atom. The van der Waals surface area contributed by atoms with Crippen LogP contribution in [0.15, 0.2) is 6.20 Å². The van der Waals surface area contributed by atoms with E-state index in [-0.39, 0.29) is 11.4 Å². The molecule has 3 N–H and O–H groups in total. The molecule has 212 valence electrons.